The zero-order valence-corrected chi connectivity index (χ0v) is 18.4. The highest BCUT2D eigenvalue weighted by molar-refractivity contribution is 5.76. The number of rotatable bonds is 8. The van der Waals surface area contributed by atoms with Crippen LogP contribution in [-0.4, -0.2) is 47.7 Å². The third-order valence-electron chi connectivity index (χ3n) is 4.79. The Bertz CT molecular complexity index is 655. The highest BCUT2D eigenvalue weighted by atomic mass is 16.6. The van der Waals surface area contributed by atoms with Crippen LogP contribution in [0.4, 0.5) is 4.79 Å². The Labute approximate surface area is 174 Å². The van der Waals surface area contributed by atoms with Crippen LogP contribution in [0.25, 0.3) is 0 Å². The van der Waals surface area contributed by atoms with Crippen molar-refractivity contribution in [3.63, 3.8) is 0 Å². The highest BCUT2D eigenvalue weighted by Gasteiger charge is 2.34. The Balaban J connectivity index is 1.93. The first-order chi connectivity index (χ1) is 13.6. The molecule has 1 amide bonds. The second kappa shape index (κ2) is 10.6. The van der Waals surface area contributed by atoms with Crippen LogP contribution < -0.4 is 5.32 Å². The number of hydrogen-bond donors (Lipinski definition) is 1. The van der Waals surface area contributed by atoms with Crippen LogP contribution in [0.15, 0.2) is 30.3 Å². The van der Waals surface area contributed by atoms with Crippen LogP contribution in [0, 0.1) is 5.92 Å². The van der Waals surface area contributed by atoms with Crippen LogP contribution >= 0.6 is 0 Å². The van der Waals surface area contributed by atoms with Gasteiger partial charge in [-0.2, -0.15) is 0 Å². The number of hydrogen-bond acceptors (Lipinski definition) is 5. The number of carbonyl (C=O) groups excluding carboxylic acids is 2. The van der Waals surface area contributed by atoms with Gasteiger partial charge in [-0.05, 0) is 58.1 Å². The summed E-state index contributed by atoms with van der Waals surface area (Å²) in [5, 5.41) is 2.99. The summed E-state index contributed by atoms with van der Waals surface area (Å²) in [7, 11) is 0. The summed E-state index contributed by atoms with van der Waals surface area (Å²) < 4.78 is 11.0. The quantitative estimate of drug-likeness (QED) is 0.660. The fraction of sp³-hybridized carbons (Fsp3) is 0.652. The SMILES string of the molecule is CC(C)CC(CN1CCC[C@H]1C(=O)OCc1ccccc1)NC(=O)OC(C)(C)C. The molecule has 0 saturated carbocycles. The molecule has 0 bridgehead atoms. The Morgan fingerprint density at radius 2 is 1.90 bits per heavy atom. The summed E-state index contributed by atoms with van der Waals surface area (Å²) in [5.74, 6) is 0.230. The first kappa shape index (κ1) is 23.2. The molecule has 0 aromatic heterocycles. The molecule has 1 fully saturated rings. The van der Waals surface area contributed by atoms with Gasteiger partial charge in [0, 0.05) is 12.6 Å². The first-order valence-electron chi connectivity index (χ1n) is 10.6. The molecular formula is C23H36N2O4. The van der Waals surface area contributed by atoms with E-state index in [0.29, 0.717) is 12.5 Å². The van der Waals surface area contributed by atoms with Crippen LogP contribution in [0.2, 0.25) is 0 Å². The number of likely N-dealkylation sites (tertiary alicyclic amines) is 1. The zero-order chi connectivity index (χ0) is 21.4. The van der Waals surface area contributed by atoms with E-state index in [-0.39, 0.29) is 24.7 Å². The van der Waals surface area contributed by atoms with Crippen LogP contribution in [0.3, 0.4) is 0 Å². The molecule has 1 aliphatic rings. The Morgan fingerprint density at radius 3 is 2.52 bits per heavy atom. The molecule has 1 heterocycles. The van der Waals surface area contributed by atoms with Gasteiger partial charge in [0.05, 0.1) is 0 Å². The summed E-state index contributed by atoms with van der Waals surface area (Å²) in [5.41, 5.74) is 0.443. The number of ether oxygens (including phenoxy) is 2. The normalized spacial score (nSPS) is 18.5. The van der Waals surface area contributed by atoms with E-state index in [4.69, 9.17) is 9.47 Å². The second-order valence-corrected chi connectivity index (χ2v) is 9.22. The summed E-state index contributed by atoms with van der Waals surface area (Å²) in [6.07, 6.45) is 2.15. The summed E-state index contributed by atoms with van der Waals surface area (Å²) in [6.45, 7) is 11.5. The molecule has 1 N–H and O–H groups in total. The third kappa shape index (κ3) is 8.44. The molecule has 162 valence electrons. The number of esters is 1. The molecule has 1 aromatic carbocycles. The lowest BCUT2D eigenvalue weighted by Gasteiger charge is -2.30. The van der Waals surface area contributed by atoms with Crippen molar-refractivity contribution >= 4 is 12.1 Å². The molecule has 1 aliphatic heterocycles. The fourth-order valence-electron chi connectivity index (χ4n) is 3.64. The van der Waals surface area contributed by atoms with Crippen molar-refractivity contribution in [3.8, 4) is 0 Å². The Morgan fingerprint density at radius 1 is 1.21 bits per heavy atom. The molecular weight excluding hydrogens is 368 g/mol. The minimum atomic E-state index is -0.538. The molecule has 0 radical (unpaired) electrons. The van der Waals surface area contributed by atoms with Gasteiger partial charge in [0.2, 0.25) is 0 Å². The largest absolute Gasteiger partial charge is 0.460 e. The van der Waals surface area contributed by atoms with Crippen molar-refractivity contribution in [1.29, 1.82) is 0 Å². The van der Waals surface area contributed by atoms with E-state index in [1.54, 1.807) is 0 Å². The van der Waals surface area contributed by atoms with Gasteiger partial charge in [-0.1, -0.05) is 44.2 Å². The maximum Gasteiger partial charge on any atom is 0.407 e. The summed E-state index contributed by atoms with van der Waals surface area (Å²) in [6, 6.07) is 9.37. The molecule has 6 heteroatoms. The number of amides is 1. The number of benzene rings is 1. The van der Waals surface area contributed by atoms with Crippen LogP contribution in [0.5, 0.6) is 0 Å². The van der Waals surface area contributed by atoms with E-state index in [1.165, 1.54) is 0 Å². The van der Waals surface area contributed by atoms with Gasteiger partial charge in [-0.25, -0.2) is 4.79 Å². The minimum Gasteiger partial charge on any atom is -0.460 e. The van der Waals surface area contributed by atoms with E-state index >= 15 is 0 Å². The number of carbonyl (C=O) groups is 2. The lowest BCUT2D eigenvalue weighted by Crippen LogP contribution is -2.49. The van der Waals surface area contributed by atoms with Gasteiger partial charge >= 0.3 is 12.1 Å². The maximum absolute atomic E-state index is 12.7. The topological polar surface area (TPSA) is 67.9 Å². The van der Waals surface area contributed by atoms with Gasteiger partial charge in [0.1, 0.15) is 18.2 Å². The van der Waals surface area contributed by atoms with Gasteiger partial charge in [-0.3, -0.25) is 9.69 Å². The number of nitrogens with zero attached hydrogens (tertiary/aromatic N) is 1. The fourth-order valence-corrected chi connectivity index (χ4v) is 3.64. The molecule has 6 nitrogen and oxygen atoms in total. The lowest BCUT2D eigenvalue weighted by atomic mass is 10.0. The van der Waals surface area contributed by atoms with E-state index < -0.39 is 11.7 Å². The van der Waals surface area contributed by atoms with Crippen molar-refractivity contribution in [2.24, 2.45) is 5.92 Å². The van der Waals surface area contributed by atoms with E-state index in [1.807, 2.05) is 51.1 Å². The van der Waals surface area contributed by atoms with Crippen molar-refractivity contribution in [2.75, 3.05) is 13.1 Å². The van der Waals surface area contributed by atoms with E-state index in [9.17, 15) is 9.59 Å². The standard InChI is InChI=1S/C23H36N2O4/c1-17(2)14-19(24-22(27)29-23(3,4)5)15-25-13-9-12-20(25)21(26)28-16-18-10-7-6-8-11-18/h6-8,10-11,17,19-20H,9,12-16H2,1-5H3,(H,24,27)/t19?,20-/m0/s1. The minimum absolute atomic E-state index is 0.0765. The van der Waals surface area contributed by atoms with Crippen molar-refractivity contribution < 1.29 is 19.1 Å². The average molecular weight is 405 g/mol. The van der Waals surface area contributed by atoms with Crippen molar-refractivity contribution in [3.05, 3.63) is 35.9 Å². The van der Waals surface area contributed by atoms with Crippen LogP contribution in [-0.2, 0) is 20.9 Å². The lowest BCUT2D eigenvalue weighted by molar-refractivity contribution is -0.150. The van der Waals surface area contributed by atoms with E-state index in [0.717, 1.165) is 31.4 Å². The predicted molar refractivity (Wildman–Crippen MR) is 113 cm³/mol. The predicted octanol–water partition coefficient (Wildman–Crippen LogP) is 4.13. The molecule has 0 aliphatic carbocycles. The highest BCUT2D eigenvalue weighted by Crippen LogP contribution is 2.21. The molecule has 1 saturated heterocycles. The first-order valence-corrected chi connectivity index (χ1v) is 10.6. The van der Waals surface area contributed by atoms with Crippen molar-refractivity contribution in [2.45, 2.75) is 78.2 Å². The molecule has 2 atom stereocenters. The van der Waals surface area contributed by atoms with Gasteiger partial charge in [0.25, 0.3) is 0 Å². The second-order valence-electron chi connectivity index (χ2n) is 9.22. The van der Waals surface area contributed by atoms with Crippen LogP contribution in [0.1, 0.15) is 59.4 Å². The van der Waals surface area contributed by atoms with Gasteiger partial charge < -0.3 is 14.8 Å². The average Bonchev–Trinajstić information content (AvgIpc) is 3.06. The smallest absolute Gasteiger partial charge is 0.407 e. The van der Waals surface area contributed by atoms with Gasteiger partial charge in [-0.15, -0.1) is 0 Å². The Hall–Kier alpha value is -2.08. The molecule has 1 unspecified atom stereocenters. The molecule has 29 heavy (non-hydrogen) atoms. The summed E-state index contributed by atoms with van der Waals surface area (Å²) >= 11 is 0. The third-order valence-corrected chi connectivity index (χ3v) is 4.79. The molecule has 2 rings (SSSR count). The van der Waals surface area contributed by atoms with Gasteiger partial charge in [0.15, 0.2) is 0 Å². The monoisotopic (exact) mass is 404 g/mol. The summed E-state index contributed by atoms with van der Waals surface area (Å²) in [4.78, 5) is 27.1. The number of nitrogens with one attached hydrogen (secondary N) is 1. The van der Waals surface area contributed by atoms with Crippen molar-refractivity contribution in [1.82, 2.24) is 10.2 Å². The maximum atomic E-state index is 12.7. The molecule has 0 spiro atoms. The zero-order valence-electron chi connectivity index (χ0n) is 18.4. The number of alkyl carbamates (subject to hydrolysis) is 1. The molecule has 1 aromatic rings. The van der Waals surface area contributed by atoms with E-state index in [2.05, 4.69) is 24.1 Å². The Kier molecular flexibility index (Phi) is 8.50.